The molecule has 0 spiro atoms. The minimum Gasteiger partial charge on any atom is -0.507 e. The monoisotopic (exact) mass is 348 g/mol. The summed E-state index contributed by atoms with van der Waals surface area (Å²) in [6.45, 7) is 4.54. The van der Waals surface area contributed by atoms with Crippen molar-refractivity contribution in [2.75, 3.05) is 40.0 Å². The van der Waals surface area contributed by atoms with Gasteiger partial charge in [0.15, 0.2) is 0 Å². The minimum absolute atomic E-state index is 0.0515. The number of rotatable bonds is 5. The van der Waals surface area contributed by atoms with Gasteiger partial charge >= 0.3 is 0 Å². The van der Waals surface area contributed by atoms with Crippen LogP contribution in [0.2, 0.25) is 0 Å². The van der Waals surface area contributed by atoms with E-state index in [1.165, 1.54) is 19.6 Å². The second kappa shape index (κ2) is 8.54. The molecule has 1 atom stereocenters. The number of ether oxygens (including phenoxy) is 2. The van der Waals surface area contributed by atoms with E-state index in [1.807, 2.05) is 0 Å². The maximum absolute atomic E-state index is 12.3. The Bertz CT molecular complexity index is 587. The Hall–Kier alpha value is -1.79. The number of piperidine rings is 1. The third-order valence-electron chi connectivity index (χ3n) is 5.26. The molecular formula is C19H28N2O4. The van der Waals surface area contributed by atoms with Crippen LogP contribution in [0.25, 0.3) is 0 Å². The molecule has 2 heterocycles. The number of nitrogens with one attached hydrogen (secondary N) is 1. The Kier molecular flexibility index (Phi) is 6.15. The maximum Gasteiger partial charge on any atom is 0.255 e. The fourth-order valence-corrected chi connectivity index (χ4v) is 3.81. The summed E-state index contributed by atoms with van der Waals surface area (Å²) >= 11 is 0. The van der Waals surface area contributed by atoms with Gasteiger partial charge in [0.05, 0.1) is 12.7 Å². The molecular weight excluding hydrogens is 320 g/mol. The van der Waals surface area contributed by atoms with Gasteiger partial charge in [0.1, 0.15) is 11.5 Å². The highest BCUT2D eigenvalue weighted by molar-refractivity contribution is 5.97. The molecule has 1 aromatic carbocycles. The van der Waals surface area contributed by atoms with Crippen LogP contribution in [0.15, 0.2) is 18.2 Å². The summed E-state index contributed by atoms with van der Waals surface area (Å²) in [6.07, 6.45) is 4.53. The maximum atomic E-state index is 12.3. The van der Waals surface area contributed by atoms with E-state index in [2.05, 4.69) is 10.2 Å². The molecule has 0 aromatic heterocycles. The van der Waals surface area contributed by atoms with Crippen molar-refractivity contribution < 1.29 is 19.4 Å². The van der Waals surface area contributed by atoms with Gasteiger partial charge in [-0.1, -0.05) is 0 Å². The second-order valence-electron chi connectivity index (χ2n) is 6.94. The molecule has 6 nitrogen and oxygen atoms in total. The number of aromatic hydroxyl groups is 1. The fourth-order valence-electron chi connectivity index (χ4n) is 3.81. The summed E-state index contributed by atoms with van der Waals surface area (Å²) in [5, 5.41) is 13.0. The Morgan fingerprint density at radius 2 is 2.16 bits per heavy atom. The highest BCUT2D eigenvalue weighted by Crippen LogP contribution is 2.25. The van der Waals surface area contributed by atoms with Crippen LogP contribution in [0.3, 0.4) is 0 Å². The molecule has 25 heavy (non-hydrogen) atoms. The van der Waals surface area contributed by atoms with E-state index >= 15 is 0 Å². The van der Waals surface area contributed by atoms with Gasteiger partial charge in [0, 0.05) is 38.4 Å². The van der Waals surface area contributed by atoms with Crippen molar-refractivity contribution in [2.45, 2.75) is 31.7 Å². The largest absolute Gasteiger partial charge is 0.507 e. The number of amides is 1. The summed E-state index contributed by atoms with van der Waals surface area (Å²) in [4.78, 5) is 14.9. The lowest BCUT2D eigenvalue weighted by Gasteiger charge is -2.40. The van der Waals surface area contributed by atoms with E-state index in [0.29, 0.717) is 24.3 Å². The number of hydrogen-bond acceptors (Lipinski definition) is 5. The number of methoxy groups -OCH3 is 1. The summed E-state index contributed by atoms with van der Waals surface area (Å²) in [7, 11) is 1.53. The number of benzene rings is 1. The number of likely N-dealkylation sites (tertiary alicyclic amines) is 1. The van der Waals surface area contributed by atoms with Crippen LogP contribution >= 0.6 is 0 Å². The van der Waals surface area contributed by atoms with Gasteiger partial charge in [0.25, 0.3) is 5.91 Å². The molecule has 2 aliphatic rings. The highest BCUT2D eigenvalue weighted by Gasteiger charge is 2.27. The molecule has 2 N–H and O–H groups in total. The van der Waals surface area contributed by atoms with Crippen molar-refractivity contribution in [1.29, 1.82) is 0 Å². The molecule has 1 amide bonds. The quantitative estimate of drug-likeness (QED) is 0.852. The third kappa shape index (κ3) is 4.64. The Morgan fingerprint density at radius 3 is 2.88 bits per heavy atom. The number of nitrogens with zero attached hydrogens (tertiary/aromatic N) is 1. The minimum atomic E-state index is -0.233. The first-order valence-corrected chi connectivity index (χ1v) is 9.14. The van der Waals surface area contributed by atoms with Gasteiger partial charge < -0.3 is 19.9 Å². The number of carbonyl (C=O) groups is 1. The highest BCUT2D eigenvalue weighted by atomic mass is 16.5. The molecule has 0 radical (unpaired) electrons. The number of hydrogen-bond donors (Lipinski definition) is 2. The molecule has 2 aliphatic heterocycles. The molecule has 0 saturated carbocycles. The van der Waals surface area contributed by atoms with Crippen LogP contribution in [0.1, 0.15) is 36.0 Å². The zero-order valence-electron chi connectivity index (χ0n) is 14.9. The van der Waals surface area contributed by atoms with Gasteiger partial charge in [-0.25, -0.2) is 0 Å². The lowest BCUT2D eigenvalue weighted by molar-refractivity contribution is 0.0179. The average Bonchev–Trinajstić information content (AvgIpc) is 2.67. The van der Waals surface area contributed by atoms with Crippen LogP contribution in [0, 0.1) is 5.92 Å². The van der Waals surface area contributed by atoms with E-state index in [1.54, 1.807) is 12.1 Å². The zero-order chi connectivity index (χ0) is 17.6. The summed E-state index contributed by atoms with van der Waals surface area (Å²) in [5.74, 6) is 0.710. The first-order valence-electron chi connectivity index (χ1n) is 9.14. The van der Waals surface area contributed by atoms with Gasteiger partial charge in [-0.3, -0.25) is 9.69 Å². The van der Waals surface area contributed by atoms with Crippen molar-refractivity contribution in [3.05, 3.63) is 23.8 Å². The predicted molar refractivity (Wildman–Crippen MR) is 95.1 cm³/mol. The zero-order valence-corrected chi connectivity index (χ0v) is 14.9. The lowest BCUT2D eigenvalue weighted by atomic mass is 9.94. The van der Waals surface area contributed by atoms with Gasteiger partial charge in [-0.15, -0.1) is 0 Å². The van der Waals surface area contributed by atoms with E-state index in [0.717, 1.165) is 45.6 Å². The summed E-state index contributed by atoms with van der Waals surface area (Å²) in [5.41, 5.74) is 0.290. The molecule has 0 bridgehead atoms. The van der Waals surface area contributed by atoms with E-state index < -0.39 is 0 Å². The van der Waals surface area contributed by atoms with Crippen LogP contribution < -0.4 is 10.1 Å². The number of carbonyl (C=O) groups excluding carboxylic acids is 1. The van der Waals surface area contributed by atoms with Crippen LogP contribution in [0.5, 0.6) is 11.5 Å². The first-order chi connectivity index (χ1) is 12.2. The SMILES string of the molecule is COc1ccc(C(=O)NC[C@@H]2CCCN(C3CCOCC3)C2)c(O)c1. The molecule has 6 heteroatoms. The third-order valence-corrected chi connectivity index (χ3v) is 5.26. The molecule has 2 fully saturated rings. The second-order valence-corrected chi connectivity index (χ2v) is 6.94. The van der Waals surface area contributed by atoms with Crippen molar-refractivity contribution >= 4 is 5.91 Å². The lowest BCUT2D eigenvalue weighted by Crippen LogP contribution is -2.47. The first kappa shape index (κ1) is 18.0. The van der Waals surface area contributed by atoms with Crippen LogP contribution in [0.4, 0.5) is 0 Å². The van der Waals surface area contributed by atoms with E-state index in [-0.39, 0.29) is 17.2 Å². The predicted octanol–water partition coefficient (Wildman–Crippen LogP) is 2.02. The van der Waals surface area contributed by atoms with Gasteiger partial charge in [-0.2, -0.15) is 0 Å². The van der Waals surface area contributed by atoms with Gasteiger partial charge in [0.2, 0.25) is 0 Å². The topological polar surface area (TPSA) is 71.0 Å². The van der Waals surface area contributed by atoms with Crippen molar-refractivity contribution in [1.82, 2.24) is 10.2 Å². The summed E-state index contributed by atoms with van der Waals surface area (Å²) in [6, 6.07) is 5.36. The molecule has 2 saturated heterocycles. The van der Waals surface area contributed by atoms with Gasteiger partial charge in [-0.05, 0) is 50.3 Å². The standard InChI is InChI=1S/C19H28N2O4/c1-24-16-4-5-17(18(22)11-16)19(23)20-12-14-3-2-8-21(13-14)15-6-9-25-10-7-15/h4-5,11,14-15,22H,2-3,6-10,12-13H2,1H3,(H,20,23)/t14-/m0/s1. The van der Waals surface area contributed by atoms with Crippen LogP contribution in [-0.2, 0) is 4.74 Å². The molecule has 0 aliphatic carbocycles. The smallest absolute Gasteiger partial charge is 0.255 e. The Balaban J connectivity index is 1.51. The fraction of sp³-hybridized carbons (Fsp3) is 0.632. The van der Waals surface area contributed by atoms with Crippen molar-refractivity contribution in [3.8, 4) is 11.5 Å². The number of phenols is 1. The van der Waals surface area contributed by atoms with Crippen molar-refractivity contribution in [2.24, 2.45) is 5.92 Å². The van der Waals surface area contributed by atoms with E-state index in [9.17, 15) is 9.90 Å². The molecule has 1 aromatic rings. The molecule has 3 rings (SSSR count). The Morgan fingerprint density at radius 1 is 1.36 bits per heavy atom. The average molecular weight is 348 g/mol. The normalized spacial score (nSPS) is 22.5. The number of phenolic OH excluding ortho intramolecular Hbond substituents is 1. The molecule has 138 valence electrons. The Labute approximate surface area is 149 Å². The summed E-state index contributed by atoms with van der Waals surface area (Å²) < 4.78 is 10.5. The van der Waals surface area contributed by atoms with E-state index in [4.69, 9.17) is 9.47 Å². The van der Waals surface area contributed by atoms with Crippen molar-refractivity contribution in [3.63, 3.8) is 0 Å². The molecule has 0 unspecified atom stereocenters. The van der Waals surface area contributed by atoms with Crippen LogP contribution in [-0.4, -0.2) is 61.9 Å².